The van der Waals surface area contributed by atoms with Gasteiger partial charge in [-0.2, -0.15) is 0 Å². The molecular weight excluding hydrogens is 298 g/mol. The predicted octanol–water partition coefficient (Wildman–Crippen LogP) is 3.15. The highest BCUT2D eigenvalue weighted by Crippen LogP contribution is 2.25. The number of aliphatic hydroxyl groups is 1. The minimum absolute atomic E-state index is 0.0683. The number of carbonyl (C=O) groups is 1. The number of thioether (sulfide) groups is 1. The van der Waals surface area contributed by atoms with Crippen molar-refractivity contribution in [2.45, 2.75) is 55.9 Å². The van der Waals surface area contributed by atoms with E-state index in [1.165, 1.54) is 12.0 Å². The van der Waals surface area contributed by atoms with Crippen molar-refractivity contribution in [1.82, 2.24) is 5.32 Å². The monoisotopic (exact) mass is 325 g/mol. The topological polar surface area (TPSA) is 58.6 Å². The molecule has 1 rings (SSSR count). The Balaban J connectivity index is 2.42. The maximum atomic E-state index is 11.0. The van der Waals surface area contributed by atoms with E-state index in [2.05, 4.69) is 23.9 Å². The molecule has 2 atom stereocenters. The summed E-state index contributed by atoms with van der Waals surface area (Å²) in [6, 6.07) is 7.98. The molecule has 1 aromatic carbocycles. The first-order valence-electron chi connectivity index (χ1n) is 7.69. The number of benzene rings is 1. The molecule has 4 nitrogen and oxygen atoms in total. The van der Waals surface area contributed by atoms with Crippen LogP contribution in [0.5, 0.6) is 0 Å². The van der Waals surface area contributed by atoms with Gasteiger partial charge in [0, 0.05) is 22.6 Å². The second-order valence-electron chi connectivity index (χ2n) is 5.60. The molecule has 0 saturated heterocycles. The molecule has 0 aliphatic heterocycles. The molecule has 0 radical (unpaired) electrons. The quantitative estimate of drug-likeness (QED) is 0.415. The molecule has 0 aliphatic carbocycles. The van der Waals surface area contributed by atoms with E-state index < -0.39 is 6.10 Å². The van der Waals surface area contributed by atoms with E-state index in [4.69, 9.17) is 0 Å². The van der Waals surface area contributed by atoms with Crippen LogP contribution >= 0.6 is 11.8 Å². The molecule has 0 aliphatic rings. The Kier molecular flexibility index (Phi) is 8.53. The molecule has 0 fully saturated rings. The molecule has 0 spiro atoms. The van der Waals surface area contributed by atoms with E-state index in [1.807, 2.05) is 43.0 Å². The Hall–Kier alpha value is -1.04. The molecule has 124 valence electrons. The van der Waals surface area contributed by atoms with E-state index in [9.17, 15) is 9.90 Å². The largest absolute Gasteiger partial charge is 0.469 e. The molecule has 0 amide bonds. The van der Waals surface area contributed by atoms with Crippen LogP contribution in [0.4, 0.5) is 0 Å². The zero-order valence-electron chi connectivity index (χ0n) is 13.8. The average molecular weight is 325 g/mol. The minimum Gasteiger partial charge on any atom is -0.469 e. The normalized spacial score (nSPS) is 13.9. The zero-order valence-corrected chi connectivity index (χ0v) is 14.7. The summed E-state index contributed by atoms with van der Waals surface area (Å²) < 4.78 is 4.59. The number of methoxy groups -OCH3 is 1. The van der Waals surface area contributed by atoms with Crippen molar-refractivity contribution >= 4 is 17.7 Å². The van der Waals surface area contributed by atoms with Gasteiger partial charge in [-0.05, 0) is 37.6 Å². The third-order valence-corrected chi connectivity index (χ3v) is 4.33. The fraction of sp³-hybridized carbons (Fsp3) is 0.588. The molecule has 0 bridgehead atoms. The van der Waals surface area contributed by atoms with Crippen molar-refractivity contribution in [3.63, 3.8) is 0 Å². The van der Waals surface area contributed by atoms with E-state index >= 15 is 0 Å². The van der Waals surface area contributed by atoms with Crippen LogP contribution in [-0.2, 0) is 9.53 Å². The summed E-state index contributed by atoms with van der Waals surface area (Å²) >= 11 is 1.81. The average Bonchev–Trinajstić information content (AvgIpc) is 2.50. The van der Waals surface area contributed by atoms with Gasteiger partial charge in [-0.25, -0.2) is 0 Å². The van der Waals surface area contributed by atoms with Crippen LogP contribution in [0.15, 0.2) is 29.2 Å². The van der Waals surface area contributed by atoms with Crippen LogP contribution in [0.1, 0.15) is 45.3 Å². The summed E-state index contributed by atoms with van der Waals surface area (Å²) in [5.74, 6) is -0.201. The van der Waals surface area contributed by atoms with Gasteiger partial charge < -0.3 is 15.2 Å². The molecule has 2 unspecified atom stereocenters. The Morgan fingerprint density at radius 2 is 1.91 bits per heavy atom. The Bertz CT molecular complexity index is 448. The van der Waals surface area contributed by atoms with Crippen molar-refractivity contribution in [2.75, 3.05) is 13.7 Å². The Labute approximate surface area is 137 Å². The van der Waals surface area contributed by atoms with Gasteiger partial charge in [0.05, 0.1) is 13.2 Å². The Morgan fingerprint density at radius 3 is 2.45 bits per heavy atom. The third kappa shape index (κ3) is 6.81. The van der Waals surface area contributed by atoms with Gasteiger partial charge in [-0.1, -0.05) is 26.0 Å². The summed E-state index contributed by atoms with van der Waals surface area (Å²) in [7, 11) is 1.39. The summed E-state index contributed by atoms with van der Waals surface area (Å²) in [4.78, 5) is 12.2. The number of ether oxygens (including phenoxy) is 1. The number of rotatable bonds is 9. The third-order valence-electron chi connectivity index (χ3n) is 3.32. The highest BCUT2D eigenvalue weighted by atomic mass is 32.2. The highest BCUT2D eigenvalue weighted by molar-refractivity contribution is 7.99. The van der Waals surface area contributed by atoms with Crippen molar-refractivity contribution in [3.05, 3.63) is 29.8 Å². The lowest BCUT2D eigenvalue weighted by atomic mass is 10.0. The van der Waals surface area contributed by atoms with Crippen molar-refractivity contribution in [3.8, 4) is 0 Å². The van der Waals surface area contributed by atoms with E-state index in [0.717, 1.165) is 5.56 Å². The van der Waals surface area contributed by atoms with Crippen LogP contribution in [0.25, 0.3) is 0 Å². The lowest BCUT2D eigenvalue weighted by Gasteiger charge is -2.21. The van der Waals surface area contributed by atoms with Crippen LogP contribution in [0.2, 0.25) is 0 Å². The van der Waals surface area contributed by atoms with E-state index in [1.54, 1.807) is 0 Å². The van der Waals surface area contributed by atoms with Crippen LogP contribution in [0.3, 0.4) is 0 Å². The van der Waals surface area contributed by atoms with Crippen molar-refractivity contribution in [1.29, 1.82) is 0 Å². The fourth-order valence-corrected chi connectivity index (χ4v) is 2.92. The lowest BCUT2D eigenvalue weighted by molar-refractivity contribution is -0.140. The molecule has 0 aromatic heterocycles. The molecule has 2 N–H and O–H groups in total. The number of hydrogen-bond donors (Lipinski definition) is 2. The SMILES string of the molecule is COC(=O)CCCNC(C)C(O)c1ccc(SC(C)C)cc1. The molecular formula is C17H27NO3S. The number of aliphatic hydroxyl groups excluding tert-OH is 1. The fourth-order valence-electron chi connectivity index (χ4n) is 2.08. The smallest absolute Gasteiger partial charge is 0.305 e. The minimum atomic E-state index is -0.559. The summed E-state index contributed by atoms with van der Waals surface area (Å²) in [6.45, 7) is 6.94. The molecule has 22 heavy (non-hydrogen) atoms. The maximum Gasteiger partial charge on any atom is 0.305 e. The predicted molar refractivity (Wildman–Crippen MR) is 91.1 cm³/mol. The van der Waals surface area contributed by atoms with E-state index in [-0.39, 0.29) is 12.0 Å². The molecule has 0 saturated carbocycles. The van der Waals surface area contributed by atoms with Crippen LogP contribution < -0.4 is 5.32 Å². The van der Waals surface area contributed by atoms with Gasteiger partial charge in [0.15, 0.2) is 0 Å². The van der Waals surface area contributed by atoms with E-state index in [0.29, 0.717) is 24.6 Å². The number of carbonyl (C=O) groups excluding carboxylic acids is 1. The first-order chi connectivity index (χ1) is 10.4. The maximum absolute atomic E-state index is 11.0. The van der Waals surface area contributed by atoms with Gasteiger partial charge in [-0.3, -0.25) is 4.79 Å². The second kappa shape index (κ2) is 9.87. The number of hydrogen-bond acceptors (Lipinski definition) is 5. The number of esters is 1. The zero-order chi connectivity index (χ0) is 16.5. The first-order valence-corrected chi connectivity index (χ1v) is 8.57. The molecule has 5 heteroatoms. The highest BCUT2D eigenvalue weighted by Gasteiger charge is 2.15. The summed E-state index contributed by atoms with van der Waals surface area (Å²) in [5.41, 5.74) is 0.904. The summed E-state index contributed by atoms with van der Waals surface area (Å²) in [6.07, 6.45) is 0.539. The van der Waals surface area contributed by atoms with Crippen molar-refractivity contribution in [2.24, 2.45) is 0 Å². The van der Waals surface area contributed by atoms with Gasteiger partial charge in [0.1, 0.15) is 0 Å². The summed E-state index contributed by atoms with van der Waals surface area (Å²) in [5, 5.41) is 14.1. The molecule has 1 aromatic rings. The second-order valence-corrected chi connectivity index (χ2v) is 7.25. The van der Waals surface area contributed by atoms with Crippen molar-refractivity contribution < 1.29 is 14.6 Å². The van der Waals surface area contributed by atoms with Gasteiger partial charge in [0.25, 0.3) is 0 Å². The van der Waals surface area contributed by atoms with Gasteiger partial charge in [-0.15, -0.1) is 11.8 Å². The number of nitrogens with one attached hydrogen (secondary N) is 1. The van der Waals surface area contributed by atoms with Crippen LogP contribution in [-0.4, -0.2) is 36.0 Å². The standard InChI is InChI=1S/C17H27NO3S/c1-12(2)22-15-9-7-14(8-10-15)17(20)13(3)18-11-5-6-16(19)21-4/h7-10,12-13,17-18,20H,5-6,11H2,1-4H3. The first kappa shape index (κ1) is 19.0. The molecule has 0 heterocycles. The lowest BCUT2D eigenvalue weighted by Crippen LogP contribution is -2.33. The van der Waals surface area contributed by atoms with Gasteiger partial charge >= 0.3 is 5.97 Å². The van der Waals surface area contributed by atoms with Crippen LogP contribution in [0, 0.1) is 0 Å². The van der Waals surface area contributed by atoms with Gasteiger partial charge in [0.2, 0.25) is 0 Å². The Morgan fingerprint density at radius 1 is 1.27 bits per heavy atom.